The number of benzene rings is 12. The second-order valence-corrected chi connectivity index (χ2v) is 26.2. The number of unbranched alkanes of at least 4 members (excludes halogenated alkanes) is 9. The van der Waals surface area contributed by atoms with E-state index in [1.807, 2.05) is 147 Å². The Labute approximate surface area is 606 Å². The van der Waals surface area contributed by atoms with Crippen molar-refractivity contribution in [2.75, 3.05) is 0 Å². The van der Waals surface area contributed by atoms with Crippen molar-refractivity contribution < 1.29 is 29.7 Å². The average Bonchev–Trinajstić information content (AvgIpc) is 1.67. The van der Waals surface area contributed by atoms with E-state index in [-0.39, 0.29) is 17.3 Å². The fourth-order valence-electron chi connectivity index (χ4n) is 12.5. The van der Waals surface area contributed by atoms with Crippen molar-refractivity contribution in [2.45, 2.75) is 118 Å². The molecule has 0 atom stereocenters. The van der Waals surface area contributed by atoms with Crippen molar-refractivity contribution >= 4 is 60.8 Å². The summed E-state index contributed by atoms with van der Waals surface area (Å²) in [5.41, 5.74) is 16.1. The number of hydrogen-bond acceptors (Lipinski definition) is 7. The van der Waals surface area contributed by atoms with E-state index in [0.29, 0.717) is 45.4 Å². The van der Waals surface area contributed by atoms with Gasteiger partial charge < -0.3 is 25.3 Å². The number of carbonyl (C=O) groups excluding carboxylic acids is 3. The van der Waals surface area contributed by atoms with Crippen LogP contribution in [0.15, 0.2) is 285 Å². The van der Waals surface area contributed by atoms with Crippen LogP contribution in [-0.4, -0.2) is 42.6 Å². The zero-order valence-electron chi connectivity index (χ0n) is 60.0. The molecule has 103 heavy (non-hydrogen) atoms. The minimum Gasteiger partial charge on any atom is -0.508 e. The summed E-state index contributed by atoms with van der Waals surface area (Å²) in [5, 5.41) is 42.0. The lowest BCUT2D eigenvalue weighted by molar-refractivity contribution is 0.0979. The molecule has 0 spiro atoms. The second kappa shape index (κ2) is 38.6. The van der Waals surface area contributed by atoms with Gasteiger partial charge in [-0.2, -0.15) is 5.26 Å². The first-order valence-corrected chi connectivity index (χ1v) is 35.8. The molecule has 0 amide bonds. The van der Waals surface area contributed by atoms with Crippen LogP contribution in [0.2, 0.25) is 0 Å². The maximum absolute atomic E-state index is 12.1. The standard InChI is InChI=1S/C18H30O.C14H8O2.C13H8O.C12H9N.C11H7N.C9H9N.C9H12O.C8H10O/c1-2-3-4-5-6-7-8-9-10-11-12-17-13-15-18(19)16-14-17;15-13-9-5-1-2-6-10(9)14(16)12-8-4-3-7-11(12)13;14-13-11-7-3-1-5-9(11)10-6-2-4-8-12(10)13;1-3-7-11-9(5-1)10-6-2-4-8-12(10)13-11;12-8-10-6-3-5-9-4-1-2-7-11(9)10;1-7-6-8-4-2-3-5-9(8)10-7;1-7(2)8-3-5-9(10)6-4-8;1-6-3-4-8(9)7(2)5-6/h13-16,19H,2-12H2,1H3;1-8H;1-8H;1-8,13H;1-7H;2-6,10H,1H3;3-7,10H,1-2H3;3-5,9H,1-2H3. The quantitative estimate of drug-likeness (QED) is 0.0759. The van der Waals surface area contributed by atoms with Crippen LogP contribution in [-0.2, 0) is 6.42 Å². The Morgan fingerprint density at radius 3 is 1.20 bits per heavy atom. The number of aryl methyl sites for hydroxylation is 4. The number of aromatic amines is 2. The van der Waals surface area contributed by atoms with E-state index in [1.54, 1.807) is 78.9 Å². The van der Waals surface area contributed by atoms with Crippen molar-refractivity contribution in [1.82, 2.24) is 9.97 Å². The minimum absolute atomic E-state index is 0.0641. The van der Waals surface area contributed by atoms with E-state index in [4.69, 9.17) is 15.5 Å². The Balaban J connectivity index is 0.000000138. The Kier molecular flexibility index (Phi) is 28.3. The first-order chi connectivity index (χ1) is 50.1. The average molecular weight is 1360 g/mol. The van der Waals surface area contributed by atoms with Gasteiger partial charge in [-0.25, -0.2) is 0 Å². The van der Waals surface area contributed by atoms with Gasteiger partial charge in [0, 0.05) is 66.4 Å². The third-order valence-electron chi connectivity index (χ3n) is 18.1. The van der Waals surface area contributed by atoms with Gasteiger partial charge in [0.2, 0.25) is 0 Å². The fraction of sp³-hybridized carbons (Fsp3) is 0.191. The normalized spacial score (nSPS) is 11.1. The number of fused-ring (bicyclic) bond motifs is 10. The molecule has 14 aromatic rings. The summed E-state index contributed by atoms with van der Waals surface area (Å²) < 4.78 is 0. The summed E-state index contributed by atoms with van der Waals surface area (Å²) in [7, 11) is 0. The number of phenolic OH excluding ortho intramolecular Hbond substituents is 3. The Bertz CT molecular complexity index is 4870. The predicted octanol–water partition coefficient (Wildman–Crippen LogP) is 24.2. The Morgan fingerprint density at radius 1 is 0.369 bits per heavy atom. The fourth-order valence-corrected chi connectivity index (χ4v) is 12.5. The lowest BCUT2D eigenvalue weighted by Gasteiger charge is -2.16. The van der Waals surface area contributed by atoms with Gasteiger partial charge in [0.25, 0.3) is 0 Å². The molecule has 5 N–H and O–H groups in total. The highest BCUT2D eigenvalue weighted by atomic mass is 16.3. The van der Waals surface area contributed by atoms with Gasteiger partial charge in [-0.3, -0.25) is 14.4 Å². The summed E-state index contributed by atoms with van der Waals surface area (Å²) in [6.07, 6.45) is 15.0. The summed E-state index contributed by atoms with van der Waals surface area (Å²) in [4.78, 5) is 42.7. The van der Waals surface area contributed by atoms with Crippen molar-refractivity contribution in [1.29, 1.82) is 5.26 Å². The highest BCUT2D eigenvalue weighted by Gasteiger charge is 2.29. The number of carbonyl (C=O) groups is 3. The van der Waals surface area contributed by atoms with Crippen LogP contribution in [0, 0.1) is 32.1 Å². The molecule has 0 unspecified atom stereocenters. The third-order valence-corrected chi connectivity index (χ3v) is 18.1. The van der Waals surface area contributed by atoms with Gasteiger partial charge in [-0.15, -0.1) is 0 Å². The van der Waals surface area contributed by atoms with Gasteiger partial charge >= 0.3 is 0 Å². The highest BCUT2D eigenvalue weighted by Crippen LogP contribution is 2.36. The molecule has 2 aliphatic carbocycles. The third kappa shape index (κ3) is 21.3. The number of nitrogens with zero attached hydrogens (tertiary/aromatic N) is 1. The van der Waals surface area contributed by atoms with Crippen LogP contribution >= 0.6 is 0 Å². The van der Waals surface area contributed by atoms with Crippen LogP contribution in [0.1, 0.15) is 172 Å². The van der Waals surface area contributed by atoms with E-state index >= 15 is 0 Å². The van der Waals surface area contributed by atoms with Crippen molar-refractivity contribution in [2.24, 2.45) is 0 Å². The molecule has 0 aliphatic heterocycles. The van der Waals surface area contributed by atoms with Crippen LogP contribution in [0.5, 0.6) is 17.2 Å². The monoisotopic (exact) mass is 1360 g/mol. The number of aromatic nitrogens is 2. The van der Waals surface area contributed by atoms with Crippen molar-refractivity contribution in [3.63, 3.8) is 0 Å². The first-order valence-electron chi connectivity index (χ1n) is 35.8. The molecule has 2 aromatic heterocycles. The number of phenols is 3. The van der Waals surface area contributed by atoms with E-state index < -0.39 is 0 Å². The number of hydrogen-bond donors (Lipinski definition) is 5. The Morgan fingerprint density at radius 2 is 0.757 bits per heavy atom. The smallest absolute Gasteiger partial charge is 0.194 e. The van der Waals surface area contributed by atoms with Crippen LogP contribution in [0.3, 0.4) is 0 Å². The second-order valence-electron chi connectivity index (χ2n) is 26.2. The number of nitriles is 1. The number of rotatable bonds is 12. The van der Waals surface area contributed by atoms with Gasteiger partial charge in [-0.1, -0.05) is 309 Å². The van der Waals surface area contributed by atoms with E-state index in [1.165, 1.54) is 119 Å². The molecule has 16 rings (SSSR count). The predicted molar refractivity (Wildman–Crippen MR) is 426 cm³/mol. The molecular formula is C94H93N3O6. The van der Waals surface area contributed by atoms with E-state index in [2.05, 4.69) is 117 Å². The highest BCUT2D eigenvalue weighted by molar-refractivity contribution is 6.28. The number of para-hydroxylation sites is 3. The summed E-state index contributed by atoms with van der Waals surface area (Å²) in [6, 6.07) is 92.9. The van der Waals surface area contributed by atoms with Crippen molar-refractivity contribution in [3.8, 4) is 34.4 Å². The molecule has 0 radical (unpaired) electrons. The van der Waals surface area contributed by atoms with Gasteiger partial charge in [-0.05, 0) is 144 Å². The lowest BCUT2D eigenvalue weighted by atomic mass is 9.84. The molecule has 9 nitrogen and oxygen atoms in total. The minimum atomic E-state index is -0.0641. The number of H-pyrrole nitrogens is 2. The van der Waals surface area contributed by atoms with Gasteiger partial charge in [0.15, 0.2) is 17.3 Å². The molecule has 2 aliphatic rings. The lowest BCUT2D eigenvalue weighted by Crippen LogP contribution is -2.20. The van der Waals surface area contributed by atoms with Crippen LogP contribution in [0.4, 0.5) is 0 Å². The number of aromatic hydroxyl groups is 3. The maximum Gasteiger partial charge on any atom is 0.194 e. The number of nitrogens with one attached hydrogen (secondary N) is 2. The maximum atomic E-state index is 12.1. The zero-order valence-corrected chi connectivity index (χ0v) is 60.0. The molecule has 0 fully saturated rings. The van der Waals surface area contributed by atoms with Gasteiger partial charge in [0.05, 0.1) is 11.6 Å². The Hall–Kier alpha value is -11.9. The van der Waals surface area contributed by atoms with Crippen LogP contribution in [0.25, 0.3) is 54.6 Å². The summed E-state index contributed by atoms with van der Waals surface area (Å²) in [5.74, 6) is 1.64. The number of ketones is 3. The molecule has 0 bridgehead atoms. The van der Waals surface area contributed by atoms with E-state index in [0.717, 1.165) is 50.6 Å². The summed E-state index contributed by atoms with van der Waals surface area (Å²) in [6.45, 7) is 12.5. The van der Waals surface area contributed by atoms with Crippen LogP contribution < -0.4 is 0 Å². The molecule has 0 saturated heterocycles. The first kappa shape index (κ1) is 75.3. The van der Waals surface area contributed by atoms with Gasteiger partial charge in [0.1, 0.15) is 17.2 Å². The molecule has 520 valence electrons. The molecule has 12 aromatic carbocycles. The molecule has 2 heterocycles. The molecular weight excluding hydrogens is 1270 g/mol. The largest absolute Gasteiger partial charge is 0.508 e. The van der Waals surface area contributed by atoms with Crippen molar-refractivity contribution in [3.05, 3.63) is 352 Å². The topological polar surface area (TPSA) is 167 Å². The molecule has 9 heteroatoms. The van der Waals surface area contributed by atoms with E-state index in [9.17, 15) is 19.5 Å². The zero-order chi connectivity index (χ0) is 72.9. The SMILES string of the molecule is CC(C)c1ccc(O)cc1.CCCCCCCCCCCCc1ccc(O)cc1.Cc1cc2ccccc2[nH]1.Cc1ccc(O)c(C)c1.N#Cc1cccc2ccccc12.O=C1c2ccccc2-c2ccccc21.O=C1c2ccccc2C(=O)c2ccccc21.c1ccc2c(c1)[nH]c1ccccc12. The molecule has 0 saturated carbocycles. The summed E-state index contributed by atoms with van der Waals surface area (Å²) >= 11 is 0.